The van der Waals surface area contributed by atoms with Gasteiger partial charge in [0.25, 0.3) is 0 Å². The molecule has 0 spiro atoms. The minimum atomic E-state index is -0.0548. The zero-order valence-corrected chi connectivity index (χ0v) is 11.7. The van der Waals surface area contributed by atoms with E-state index in [9.17, 15) is 4.79 Å². The van der Waals surface area contributed by atoms with Crippen LogP contribution in [0.3, 0.4) is 0 Å². The normalized spacial score (nSPS) is 22.7. The minimum Gasteiger partial charge on any atom is -0.342 e. The Morgan fingerprint density at radius 3 is 2.59 bits per heavy atom. The van der Waals surface area contributed by atoms with Crippen molar-refractivity contribution in [3.63, 3.8) is 0 Å². The molecule has 4 heteroatoms. The van der Waals surface area contributed by atoms with Gasteiger partial charge in [0.15, 0.2) is 0 Å². The van der Waals surface area contributed by atoms with Crippen LogP contribution in [-0.4, -0.2) is 61.5 Å². The van der Waals surface area contributed by atoms with Gasteiger partial charge in [0, 0.05) is 19.6 Å². The van der Waals surface area contributed by atoms with E-state index in [-0.39, 0.29) is 11.9 Å². The molecule has 0 aromatic heterocycles. The average molecular weight is 241 g/mol. The molecular formula is C13H27N3O. The van der Waals surface area contributed by atoms with Gasteiger partial charge in [0.2, 0.25) is 5.91 Å². The molecule has 1 aliphatic heterocycles. The van der Waals surface area contributed by atoms with Gasteiger partial charge in [-0.1, -0.05) is 0 Å². The molecule has 0 radical (unpaired) electrons. The summed E-state index contributed by atoms with van der Waals surface area (Å²) >= 11 is 0. The summed E-state index contributed by atoms with van der Waals surface area (Å²) in [7, 11) is 2.16. The van der Waals surface area contributed by atoms with Gasteiger partial charge in [-0.3, -0.25) is 4.79 Å². The summed E-state index contributed by atoms with van der Waals surface area (Å²) < 4.78 is 0. The molecule has 0 aromatic carbocycles. The summed E-state index contributed by atoms with van der Waals surface area (Å²) in [5.41, 5.74) is 0. The van der Waals surface area contributed by atoms with E-state index in [2.05, 4.69) is 17.3 Å². The maximum Gasteiger partial charge on any atom is 0.239 e. The molecule has 2 atom stereocenters. The zero-order valence-electron chi connectivity index (χ0n) is 11.7. The fourth-order valence-corrected chi connectivity index (χ4v) is 2.43. The molecule has 1 saturated heterocycles. The maximum atomic E-state index is 12.0. The molecule has 17 heavy (non-hydrogen) atoms. The second-order valence-electron chi connectivity index (χ2n) is 5.06. The first-order chi connectivity index (χ1) is 8.08. The number of amides is 1. The molecule has 0 saturated carbocycles. The first kappa shape index (κ1) is 14.5. The van der Waals surface area contributed by atoms with Crippen LogP contribution in [0.4, 0.5) is 0 Å². The largest absolute Gasteiger partial charge is 0.342 e. The molecule has 1 heterocycles. The molecule has 1 aliphatic rings. The highest BCUT2D eigenvalue weighted by Crippen LogP contribution is 2.13. The average Bonchev–Trinajstić information content (AvgIpc) is 2.73. The lowest BCUT2D eigenvalue weighted by atomic mass is 10.1. The van der Waals surface area contributed by atoms with Crippen molar-refractivity contribution in [2.45, 2.75) is 33.2 Å². The molecule has 4 nitrogen and oxygen atoms in total. The summed E-state index contributed by atoms with van der Waals surface area (Å²) in [6.45, 7) is 10.9. The van der Waals surface area contributed by atoms with Gasteiger partial charge in [0.1, 0.15) is 0 Å². The minimum absolute atomic E-state index is 0.0548. The summed E-state index contributed by atoms with van der Waals surface area (Å²) in [5, 5.41) is 3.38. The smallest absolute Gasteiger partial charge is 0.239 e. The van der Waals surface area contributed by atoms with Gasteiger partial charge in [-0.25, -0.2) is 0 Å². The van der Waals surface area contributed by atoms with Gasteiger partial charge in [0.05, 0.1) is 6.04 Å². The lowest BCUT2D eigenvalue weighted by Crippen LogP contribution is -2.46. The highest BCUT2D eigenvalue weighted by Gasteiger charge is 2.22. The molecule has 0 bridgehead atoms. The van der Waals surface area contributed by atoms with E-state index in [1.54, 1.807) is 0 Å². The van der Waals surface area contributed by atoms with Crippen molar-refractivity contribution < 1.29 is 4.79 Å². The number of nitrogens with one attached hydrogen (secondary N) is 1. The van der Waals surface area contributed by atoms with E-state index in [1.807, 2.05) is 25.7 Å². The van der Waals surface area contributed by atoms with Crippen molar-refractivity contribution in [2.75, 3.05) is 39.8 Å². The number of hydrogen-bond donors (Lipinski definition) is 1. The Hall–Kier alpha value is -0.610. The Bertz CT molecular complexity index is 241. The van der Waals surface area contributed by atoms with E-state index >= 15 is 0 Å². The van der Waals surface area contributed by atoms with Crippen LogP contribution in [0, 0.1) is 5.92 Å². The Morgan fingerprint density at radius 1 is 1.47 bits per heavy atom. The monoisotopic (exact) mass is 241 g/mol. The SMILES string of the molecule is CCN(CC)C(=O)C(C)NCC1CCN(C)C1. The topological polar surface area (TPSA) is 35.6 Å². The van der Waals surface area contributed by atoms with Crippen molar-refractivity contribution >= 4 is 5.91 Å². The Balaban J connectivity index is 2.28. The Kier molecular flexibility index (Phi) is 5.92. The summed E-state index contributed by atoms with van der Waals surface area (Å²) in [5.74, 6) is 0.924. The first-order valence-electron chi connectivity index (χ1n) is 6.79. The molecular weight excluding hydrogens is 214 g/mol. The fraction of sp³-hybridized carbons (Fsp3) is 0.923. The van der Waals surface area contributed by atoms with Crippen molar-refractivity contribution in [1.29, 1.82) is 0 Å². The molecule has 2 unspecified atom stereocenters. The Labute approximate surface area is 105 Å². The van der Waals surface area contributed by atoms with Crippen LogP contribution in [0.1, 0.15) is 27.2 Å². The van der Waals surface area contributed by atoms with Crippen LogP contribution in [0.2, 0.25) is 0 Å². The standard InChI is InChI=1S/C13H27N3O/c1-5-16(6-2)13(17)11(3)14-9-12-7-8-15(4)10-12/h11-12,14H,5-10H2,1-4H3. The van der Waals surface area contributed by atoms with Crippen molar-refractivity contribution in [1.82, 2.24) is 15.1 Å². The van der Waals surface area contributed by atoms with Crippen LogP contribution in [0.15, 0.2) is 0 Å². The highest BCUT2D eigenvalue weighted by molar-refractivity contribution is 5.81. The predicted octanol–water partition coefficient (Wildman–Crippen LogP) is 0.785. The summed E-state index contributed by atoms with van der Waals surface area (Å²) in [6.07, 6.45) is 1.25. The summed E-state index contributed by atoms with van der Waals surface area (Å²) in [4.78, 5) is 16.3. The number of carbonyl (C=O) groups is 1. The fourth-order valence-electron chi connectivity index (χ4n) is 2.43. The summed E-state index contributed by atoms with van der Waals surface area (Å²) in [6, 6.07) is -0.0548. The third-order valence-electron chi connectivity index (χ3n) is 3.65. The molecule has 100 valence electrons. The molecule has 0 aliphatic carbocycles. The second kappa shape index (κ2) is 6.97. The number of likely N-dealkylation sites (tertiary alicyclic amines) is 1. The van der Waals surface area contributed by atoms with Crippen molar-refractivity contribution in [2.24, 2.45) is 5.92 Å². The van der Waals surface area contributed by atoms with Crippen LogP contribution in [-0.2, 0) is 4.79 Å². The molecule has 1 amide bonds. The van der Waals surface area contributed by atoms with Crippen LogP contribution in [0.5, 0.6) is 0 Å². The van der Waals surface area contributed by atoms with E-state index in [4.69, 9.17) is 0 Å². The molecule has 0 aromatic rings. The number of hydrogen-bond acceptors (Lipinski definition) is 3. The predicted molar refractivity (Wildman–Crippen MR) is 71.0 cm³/mol. The van der Waals surface area contributed by atoms with Gasteiger partial charge >= 0.3 is 0 Å². The van der Waals surface area contributed by atoms with E-state index in [0.717, 1.165) is 26.2 Å². The molecule has 1 N–H and O–H groups in total. The highest BCUT2D eigenvalue weighted by atomic mass is 16.2. The zero-order chi connectivity index (χ0) is 12.8. The number of nitrogens with zero attached hydrogens (tertiary/aromatic N) is 2. The molecule has 1 rings (SSSR count). The first-order valence-corrected chi connectivity index (χ1v) is 6.79. The lowest BCUT2D eigenvalue weighted by Gasteiger charge is -2.24. The van der Waals surface area contributed by atoms with E-state index in [0.29, 0.717) is 5.92 Å². The third-order valence-corrected chi connectivity index (χ3v) is 3.65. The van der Waals surface area contributed by atoms with Crippen molar-refractivity contribution in [3.8, 4) is 0 Å². The Morgan fingerprint density at radius 2 is 2.12 bits per heavy atom. The quantitative estimate of drug-likeness (QED) is 0.746. The van der Waals surface area contributed by atoms with Gasteiger partial charge < -0.3 is 15.1 Å². The van der Waals surface area contributed by atoms with Crippen molar-refractivity contribution in [3.05, 3.63) is 0 Å². The molecule has 1 fully saturated rings. The van der Waals surface area contributed by atoms with Crippen LogP contribution in [0.25, 0.3) is 0 Å². The number of carbonyl (C=O) groups excluding carboxylic acids is 1. The number of likely N-dealkylation sites (N-methyl/N-ethyl adjacent to an activating group) is 1. The van der Waals surface area contributed by atoms with Gasteiger partial charge in [-0.2, -0.15) is 0 Å². The lowest BCUT2D eigenvalue weighted by molar-refractivity contribution is -0.132. The van der Waals surface area contributed by atoms with Crippen LogP contribution < -0.4 is 5.32 Å². The van der Waals surface area contributed by atoms with E-state index < -0.39 is 0 Å². The second-order valence-corrected chi connectivity index (χ2v) is 5.06. The van der Waals surface area contributed by atoms with Gasteiger partial charge in [-0.15, -0.1) is 0 Å². The van der Waals surface area contributed by atoms with Crippen LogP contribution >= 0.6 is 0 Å². The number of rotatable bonds is 6. The van der Waals surface area contributed by atoms with Gasteiger partial charge in [-0.05, 0) is 53.2 Å². The van der Waals surface area contributed by atoms with E-state index in [1.165, 1.54) is 13.0 Å². The maximum absolute atomic E-state index is 12.0. The third kappa shape index (κ3) is 4.28.